The first-order chi connectivity index (χ1) is 11.9. The normalized spacial score (nSPS) is 10.0. The molecule has 0 spiro atoms. The number of hydrogen-bond acceptors (Lipinski definition) is 5. The molecular weight excluding hydrogens is 322 g/mol. The summed E-state index contributed by atoms with van der Waals surface area (Å²) in [6.07, 6.45) is 0. The fourth-order valence-corrected chi connectivity index (χ4v) is 2.21. The molecule has 0 unspecified atom stereocenters. The van der Waals surface area contributed by atoms with Crippen molar-refractivity contribution in [2.45, 2.75) is 13.5 Å². The molecular formula is C18H19N3O4. The van der Waals surface area contributed by atoms with Gasteiger partial charge in [0.15, 0.2) is 0 Å². The van der Waals surface area contributed by atoms with Crippen LogP contribution in [-0.2, 0) is 20.9 Å². The van der Waals surface area contributed by atoms with Crippen molar-refractivity contribution in [2.75, 3.05) is 17.7 Å². The van der Waals surface area contributed by atoms with Crippen LogP contribution >= 0.6 is 0 Å². The molecule has 3 N–H and O–H groups in total. The molecule has 0 atom stereocenters. The topological polar surface area (TPSA) is 102 Å². The van der Waals surface area contributed by atoms with E-state index in [0.717, 1.165) is 10.5 Å². The number of benzene rings is 2. The first-order valence-corrected chi connectivity index (χ1v) is 7.53. The van der Waals surface area contributed by atoms with Gasteiger partial charge in [-0.2, -0.15) is 0 Å². The highest BCUT2D eigenvalue weighted by molar-refractivity contribution is 6.45. The molecule has 2 aromatic carbocycles. The number of nitrogens with zero attached hydrogens (tertiary/aromatic N) is 1. The average Bonchev–Trinajstić information content (AvgIpc) is 2.60. The number of amides is 3. The Kier molecular flexibility index (Phi) is 5.73. The highest BCUT2D eigenvalue weighted by Crippen LogP contribution is 2.18. The lowest BCUT2D eigenvalue weighted by Crippen LogP contribution is -2.45. The number of rotatable bonds is 4. The lowest BCUT2D eigenvalue weighted by atomic mass is 10.2. The third kappa shape index (κ3) is 4.57. The largest absolute Gasteiger partial charge is 0.497 e. The summed E-state index contributed by atoms with van der Waals surface area (Å²) >= 11 is 0. The minimum absolute atomic E-state index is 0.150. The van der Waals surface area contributed by atoms with Gasteiger partial charge in [-0.3, -0.25) is 14.4 Å². The zero-order valence-corrected chi connectivity index (χ0v) is 14.0. The van der Waals surface area contributed by atoms with Crippen LogP contribution in [0.2, 0.25) is 0 Å². The van der Waals surface area contributed by atoms with E-state index in [2.05, 4.69) is 5.32 Å². The number of imide groups is 1. The van der Waals surface area contributed by atoms with Crippen molar-refractivity contribution < 1.29 is 19.1 Å². The van der Waals surface area contributed by atoms with Gasteiger partial charge in [-0.05, 0) is 35.9 Å². The Hall–Kier alpha value is -3.35. The molecule has 130 valence electrons. The van der Waals surface area contributed by atoms with Crippen LogP contribution in [0, 0.1) is 0 Å². The zero-order chi connectivity index (χ0) is 18.4. The van der Waals surface area contributed by atoms with Crippen molar-refractivity contribution in [3.8, 4) is 5.75 Å². The molecule has 0 aliphatic carbocycles. The number of anilines is 2. The number of carbonyl (C=O) groups is 3. The van der Waals surface area contributed by atoms with E-state index in [9.17, 15) is 14.4 Å². The van der Waals surface area contributed by atoms with Crippen LogP contribution < -0.4 is 20.7 Å². The summed E-state index contributed by atoms with van der Waals surface area (Å²) in [5.74, 6) is -1.73. The second kappa shape index (κ2) is 7.96. The van der Waals surface area contributed by atoms with Crippen LogP contribution in [0.25, 0.3) is 0 Å². The molecule has 2 aromatic rings. The molecule has 3 amide bonds. The van der Waals surface area contributed by atoms with E-state index < -0.39 is 17.7 Å². The highest BCUT2D eigenvalue weighted by Gasteiger charge is 2.26. The second-order valence-corrected chi connectivity index (χ2v) is 5.29. The molecule has 0 fully saturated rings. The molecule has 0 aliphatic rings. The molecule has 0 heterocycles. The minimum atomic E-state index is -0.966. The van der Waals surface area contributed by atoms with Gasteiger partial charge in [0.05, 0.1) is 12.8 Å². The number of nitrogen functional groups attached to an aromatic ring is 1. The lowest BCUT2D eigenvalue weighted by Gasteiger charge is -2.19. The first-order valence-electron chi connectivity index (χ1n) is 7.53. The van der Waals surface area contributed by atoms with Crippen LogP contribution in [0.1, 0.15) is 12.5 Å². The molecule has 0 bridgehead atoms. The maximum absolute atomic E-state index is 12.4. The van der Waals surface area contributed by atoms with E-state index in [0.29, 0.717) is 11.4 Å². The Morgan fingerprint density at radius 2 is 1.80 bits per heavy atom. The van der Waals surface area contributed by atoms with Crippen molar-refractivity contribution >= 4 is 29.1 Å². The van der Waals surface area contributed by atoms with Crippen molar-refractivity contribution in [3.05, 3.63) is 54.1 Å². The molecule has 0 aromatic heterocycles. The second-order valence-electron chi connectivity index (χ2n) is 5.29. The SMILES string of the molecule is COc1ccc(CNC(=O)C(=O)N(C(C)=O)c2cccc(N)c2)cc1. The van der Waals surface area contributed by atoms with E-state index >= 15 is 0 Å². The molecule has 7 nitrogen and oxygen atoms in total. The molecule has 25 heavy (non-hydrogen) atoms. The standard InChI is InChI=1S/C18H19N3O4/c1-12(22)21(15-5-3-4-14(19)10-15)18(24)17(23)20-11-13-6-8-16(25-2)9-7-13/h3-10H,11,19H2,1-2H3,(H,20,23). The van der Waals surface area contributed by atoms with Crippen LogP contribution in [0.3, 0.4) is 0 Å². The predicted molar refractivity (Wildman–Crippen MR) is 93.9 cm³/mol. The van der Waals surface area contributed by atoms with E-state index in [1.807, 2.05) is 0 Å². The van der Waals surface area contributed by atoms with Gasteiger partial charge in [-0.15, -0.1) is 0 Å². The summed E-state index contributed by atoms with van der Waals surface area (Å²) in [6.45, 7) is 1.36. The first kappa shape index (κ1) is 18.0. The minimum Gasteiger partial charge on any atom is -0.497 e. The van der Waals surface area contributed by atoms with E-state index in [-0.39, 0.29) is 12.2 Å². The van der Waals surface area contributed by atoms with E-state index in [1.54, 1.807) is 43.5 Å². The van der Waals surface area contributed by atoms with Gasteiger partial charge in [0.1, 0.15) is 5.75 Å². The Morgan fingerprint density at radius 1 is 1.12 bits per heavy atom. The zero-order valence-electron chi connectivity index (χ0n) is 14.0. The van der Waals surface area contributed by atoms with Crippen LogP contribution in [0.5, 0.6) is 5.75 Å². The number of carbonyl (C=O) groups excluding carboxylic acids is 3. The smallest absolute Gasteiger partial charge is 0.323 e. The maximum atomic E-state index is 12.4. The van der Waals surface area contributed by atoms with Crippen LogP contribution in [0.15, 0.2) is 48.5 Å². The summed E-state index contributed by atoms with van der Waals surface area (Å²) in [4.78, 5) is 37.1. The summed E-state index contributed by atoms with van der Waals surface area (Å²) in [5.41, 5.74) is 7.09. The van der Waals surface area contributed by atoms with Gasteiger partial charge in [0, 0.05) is 19.2 Å². The predicted octanol–water partition coefficient (Wildman–Crippen LogP) is 1.47. The summed E-state index contributed by atoms with van der Waals surface area (Å²) in [6, 6.07) is 13.2. The molecule has 0 aliphatic heterocycles. The third-order valence-electron chi connectivity index (χ3n) is 3.45. The molecule has 0 saturated carbocycles. The number of nitrogens with one attached hydrogen (secondary N) is 1. The summed E-state index contributed by atoms with van der Waals surface area (Å²) in [5, 5.41) is 2.50. The summed E-state index contributed by atoms with van der Waals surface area (Å²) in [7, 11) is 1.56. The number of nitrogens with two attached hydrogens (primary N) is 1. The van der Waals surface area contributed by atoms with Gasteiger partial charge in [-0.1, -0.05) is 18.2 Å². The molecule has 0 radical (unpaired) electrons. The van der Waals surface area contributed by atoms with Crippen molar-refractivity contribution in [1.29, 1.82) is 0 Å². The Balaban J connectivity index is 2.07. The number of hydrogen-bond donors (Lipinski definition) is 2. The van der Waals surface area contributed by atoms with Gasteiger partial charge < -0.3 is 15.8 Å². The van der Waals surface area contributed by atoms with Gasteiger partial charge in [0.2, 0.25) is 5.91 Å². The van der Waals surface area contributed by atoms with Gasteiger partial charge >= 0.3 is 11.8 Å². The van der Waals surface area contributed by atoms with Crippen molar-refractivity contribution in [3.63, 3.8) is 0 Å². The van der Waals surface area contributed by atoms with Crippen molar-refractivity contribution in [2.24, 2.45) is 0 Å². The third-order valence-corrected chi connectivity index (χ3v) is 3.45. The van der Waals surface area contributed by atoms with Crippen molar-refractivity contribution in [1.82, 2.24) is 5.32 Å². The monoisotopic (exact) mass is 341 g/mol. The Bertz CT molecular complexity index is 787. The van der Waals surface area contributed by atoms with E-state index in [1.165, 1.54) is 19.1 Å². The van der Waals surface area contributed by atoms with Crippen LogP contribution in [-0.4, -0.2) is 24.8 Å². The fraction of sp³-hybridized carbons (Fsp3) is 0.167. The maximum Gasteiger partial charge on any atom is 0.323 e. The molecule has 2 rings (SSSR count). The highest BCUT2D eigenvalue weighted by atomic mass is 16.5. The Labute approximate surface area is 145 Å². The van der Waals surface area contributed by atoms with E-state index in [4.69, 9.17) is 10.5 Å². The summed E-state index contributed by atoms with van der Waals surface area (Å²) < 4.78 is 5.05. The van der Waals surface area contributed by atoms with Crippen LogP contribution in [0.4, 0.5) is 11.4 Å². The molecule has 0 saturated heterocycles. The lowest BCUT2D eigenvalue weighted by molar-refractivity contribution is -0.139. The van der Waals surface area contributed by atoms with Gasteiger partial charge in [0.25, 0.3) is 0 Å². The Morgan fingerprint density at radius 3 is 2.36 bits per heavy atom. The number of methoxy groups -OCH3 is 1. The van der Waals surface area contributed by atoms with Gasteiger partial charge in [-0.25, -0.2) is 4.90 Å². The fourth-order valence-electron chi connectivity index (χ4n) is 2.21. The quantitative estimate of drug-likeness (QED) is 0.648. The average molecular weight is 341 g/mol. The number of ether oxygens (including phenoxy) is 1. The molecule has 7 heteroatoms.